The van der Waals surface area contributed by atoms with E-state index in [4.69, 9.17) is 0 Å². The highest BCUT2D eigenvalue weighted by Crippen LogP contribution is 2.71. The van der Waals surface area contributed by atoms with Crippen LogP contribution in [0.4, 0.5) is 0 Å². The molecule has 3 nitrogen and oxygen atoms in total. The van der Waals surface area contributed by atoms with E-state index in [0.29, 0.717) is 11.8 Å². The second-order valence-electron chi connectivity index (χ2n) is 7.36. The van der Waals surface area contributed by atoms with Gasteiger partial charge in [0.15, 0.2) is 0 Å². The van der Waals surface area contributed by atoms with Gasteiger partial charge >= 0.3 is 0 Å². The molecule has 0 aromatic carbocycles. The molecule has 0 radical (unpaired) electrons. The SMILES string of the molecule is C=C1CCC2C(C3C1C(O)C(O)C3(C)O)C2(C)C. The normalized spacial score (nSPS) is 57.8. The molecule has 3 saturated carbocycles. The topological polar surface area (TPSA) is 60.7 Å². The molecule has 0 saturated heterocycles. The summed E-state index contributed by atoms with van der Waals surface area (Å²) in [4.78, 5) is 0. The standard InChI is InChI=1S/C15H24O3/c1-7-5-6-8-10(14(8,2)3)11-9(7)12(16)13(17)15(11,4)18/h8-13,16-18H,1,5-6H2,2-4H3. The highest BCUT2D eigenvalue weighted by Gasteiger charge is 2.71. The lowest BCUT2D eigenvalue weighted by molar-refractivity contribution is -0.0965. The molecule has 3 aliphatic carbocycles. The molecule has 7 atom stereocenters. The molecule has 0 spiro atoms. The number of fused-ring (bicyclic) bond motifs is 3. The van der Waals surface area contributed by atoms with Crippen molar-refractivity contribution in [1.82, 2.24) is 0 Å². The fourth-order valence-electron chi connectivity index (χ4n) is 4.96. The Morgan fingerprint density at radius 1 is 1.17 bits per heavy atom. The summed E-state index contributed by atoms with van der Waals surface area (Å²) < 4.78 is 0. The molecular formula is C15H24O3. The van der Waals surface area contributed by atoms with E-state index in [1.807, 2.05) is 0 Å². The van der Waals surface area contributed by atoms with Crippen LogP contribution in [-0.2, 0) is 0 Å². The van der Waals surface area contributed by atoms with Crippen LogP contribution in [0.2, 0.25) is 0 Å². The highest BCUT2D eigenvalue weighted by atomic mass is 16.4. The lowest BCUT2D eigenvalue weighted by atomic mass is 9.77. The minimum Gasteiger partial charge on any atom is -0.390 e. The number of hydrogen-bond acceptors (Lipinski definition) is 3. The summed E-state index contributed by atoms with van der Waals surface area (Å²) in [5.74, 6) is 0.779. The summed E-state index contributed by atoms with van der Waals surface area (Å²) in [5.41, 5.74) is 0.0261. The summed E-state index contributed by atoms with van der Waals surface area (Å²) in [5, 5.41) is 31.0. The maximum atomic E-state index is 10.6. The zero-order chi connectivity index (χ0) is 13.5. The van der Waals surface area contributed by atoms with E-state index in [0.717, 1.165) is 18.4 Å². The van der Waals surface area contributed by atoms with Gasteiger partial charge in [-0.1, -0.05) is 26.0 Å². The fraction of sp³-hybridized carbons (Fsp3) is 0.867. The third-order valence-electron chi connectivity index (χ3n) is 6.13. The maximum absolute atomic E-state index is 10.6. The number of aliphatic hydroxyl groups is 3. The molecule has 0 aromatic rings. The molecule has 102 valence electrons. The lowest BCUT2D eigenvalue weighted by Crippen LogP contribution is -2.44. The summed E-state index contributed by atoms with van der Waals surface area (Å²) in [6.45, 7) is 10.2. The van der Waals surface area contributed by atoms with Crippen LogP contribution in [0.5, 0.6) is 0 Å². The zero-order valence-corrected chi connectivity index (χ0v) is 11.4. The highest BCUT2D eigenvalue weighted by molar-refractivity contribution is 5.26. The third kappa shape index (κ3) is 1.30. The van der Waals surface area contributed by atoms with Crippen molar-refractivity contribution in [2.45, 2.75) is 51.4 Å². The van der Waals surface area contributed by atoms with E-state index >= 15 is 0 Å². The summed E-state index contributed by atoms with van der Waals surface area (Å²) in [6, 6.07) is 0. The van der Waals surface area contributed by atoms with Gasteiger partial charge in [-0.15, -0.1) is 0 Å². The maximum Gasteiger partial charge on any atom is 0.109 e. The average Bonchev–Trinajstić information content (AvgIpc) is 2.81. The molecule has 18 heavy (non-hydrogen) atoms. The molecule has 3 heteroatoms. The van der Waals surface area contributed by atoms with E-state index in [-0.39, 0.29) is 17.3 Å². The van der Waals surface area contributed by atoms with Crippen LogP contribution in [0.3, 0.4) is 0 Å². The first kappa shape index (κ1) is 12.6. The van der Waals surface area contributed by atoms with Crippen LogP contribution in [0.25, 0.3) is 0 Å². The van der Waals surface area contributed by atoms with Crippen molar-refractivity contribution in [3.8, 4) is 0 Å². The zero-order valence-electron chi connectivity index (χ0n) is 11.4. The van der Waals surface area contributed by atoms with Gasteiger partial charge in [0.2, 0.25) is 0 Å². The molecular weight excluding hydrogens is 228 g/mol. The Kier molecular flexibility index (Phi) is 2.38. The van der Waals surface area contributed by atoms with Crippen LogP contribution in [-0.4, -0.2) is 33.1 Å². The fourth-order valence-corrected chi connectivity index (χ4v) is 4.96. The average molecular weight is 252 g/mol. The molecule has 3 rings (SSSR count). The van der Waals surface area contributed by atoms with E-state index < -0.39 is 17.8 Å². The first-order chi connectivity index (χ1) is 8.20. The molecule has 0 aliphatic heterocycles. The first-order valence-corrected chi connectivity index (χ1v) is 6.97. The number of hydrogen-bond donors (Lipinski definition) is 3. The van der Waals surface area contributed by atoms with Crippen molar-refractivity contribution in [2.75, 3.05) is 0 Å². The van der Waals surface area contributed by atoms with Crippen LogP contribution < -0.4 is 0 Å². The van der Waals surface area contributed by atoms with Gasteiger partial charge in [-0.05, 0) is 37.0 Å². The van der Waals surface area contributed by atoms with Gasteiger partial charge in [-0.25, -0.2) is 0 Å². The molecule has 0 bridgehead atoms. The Labute approximate surface area is 109 Å². The second kappa shape index (κ2) is 3.38. The Balaban J connectivity index is 2.05. The molecule has 0 amide bonds. The summed E-state index contributed by atoms with van der Waals surface area (Å²) in [6.07, 6.45) is 0.0839. The van der Waals surface area contributed by atoms with Gasteiger partial charge in [-0.2, -0.15) is 0 Å². The number of rotatable bonds is 0. The predicted octanol–water partition coefficient (Wildman–Crippen LogP) is 1.33. The molecule has 0 aromatic heterocycles. The largest absolute Gasteiger partial charge is 0.390 e. The Morgan fingerprint density at radius 3 is 2.39 bits per heavy atom. The monoisotopic (exact) mass is 252 g/mol. The van der Waals surface area contributed by atoms with Crippen molar-refractivity contribution in [1.29, 1.82) is 0 Å². The van der Waals surface area contributed by atoms with Gasteiger partial charge in [0, 0.05) is 11.8 Å². The van der Waals surface area contributed by atoms with Crippen LogP contribution in [0.1, 0.15) is 33.6 Å². The van der Waals surface area contributed by atoms with E-state index in [1.165, 1.54) is 0 Å². The Bertz CT molecular complexity index is 399. The Morgan fingerprint density at radius 2 is 1.78 bits per heavy atom. The molecule has 7 unspecified atom stereocenters. The summed E-state index contributed by atoms with van der Waals surface area (Å²) >= 11 is 0. The Hall–Kier alpha value is -0.380. The van der Waals surface area contributed by atoms with Crippen molar-refractivity contribution < 1.29 is 15.3 Å². The number of aliphatic hydroxyl groups excluding tert-OH is 2. The smallest absolute Gasteiger partial charge is 0.109 e. The lowest BCUT2D eigenvalue weighted by Gasteiger charge is -2.32. The molecule has 3 fully saturated rings. The minimum atomic E-state index is -1.20. The molecule has 3 aliphatic rings. The molecule has 0 heterocycles. The van der Waals surface area contributed by atoms with Crippen molar-refractivity contribution in [3.05, 3.63) is 12.2 Å². The van der Waals surface area contributed by atoms with Gasteiger partial charge in [0.1, 0.15) is 6.10 Å². The van der Waals surface area contributed by atoms with Crippen molar-refractivity contribution >= 4 is 0 Å². The van der Waals surface area contributed by atoms with Gasteiger partial charge in [0.25, 0.3) is 0 Å². The van der Waals surface area contributed by atoms with E-state index in [1.54, 1.807) is 6.92 Å². The van der Waals surface area contributed by atoms with Gasteiger partial charge in [-0.3, -0.25) is 0 Å². The predicted molar refractivity (Wildman–Crippen MR) is 68.8 cm³/mol. The van der Waals surface area contributed by atoms with Crippen molar-refractivity contribution in [3.63, 3.8) is 0 Å². The quantitative estimate of drug-likeness (QED) is 0.570. The third-order valence-corrected chi connectivity index (χ3v) is 6.13. The van der Waals surface area contributed by atoms with Crippen molar-refractivity contribution in [2.24, 2.45) is 29.1 Å². The van der Waals surface area contributed by atoms with Crippen LogP contribution in [0.15, 0.2) is 12.2 Å². The second-order valence-corrected chi connectivity index (χ2v) is 7.36. The van der Waals surface area contributed by atoms with E-state index in [9.17, 15) is 15.3 Å². The summed E-state index contributed by atoms with van der Waals surface area (Å²) in [7, 11) is 0. The van der Waals surface area contributed by atoms with Gasteiger partial charge < -0.3 is 15.3 Å². The van der Waals surface area contributed by atoms with Crippen LogP contribution >= 0.6 is 0 Å². The van der Waals surface area contributed by atoms with E-state index in [2.05, 4.69) is 20.4 Å². The van der Waals surface area contributed by atoms with Crippen LogP contribution in [0, 0.1) is 29.1 Å². The molecule has 3 N–H and O–H groups in total. The van der Waals surface area contributed by atoms with Gasteiger partial charge in [0.05, 0.1) is 11.7 Å². The minimum absolute atomic E-state index is 0.0579. The first-order valence-electron chi connectivity index (χ1n) is 6.97.